The number of nitrogens with one attached hydrogen (secondary N) is 13. The fourth-order valence-corrected chi connectivity index (χ4v) is 15.8. The molecule has 5 aliphatic heterocycles. The van der Waals surface area contributed by atoms with Crippen molar-refractivity contribution < 1.29 is 204 Å². The van der Waals surface area contributed by atoms with Crippen LogP contribution < -0.4 is 80.6 Å². The molecule has 59 heteroatoms. The van der Waals surface area contributed by atoms with E-state index < -0.39 is 365 Å². The minimum Gasteiger partial charge on any atom is -0.480 e. The van der Waals surface area contributed by atoms with E-state index in [9.17, 15) is 152 Å². The zero-order valence-electron chi connectivity index (χ0n) is 75.6. The lowest BCUT2D eigenvalue weighted by Gasteiger charge is -2.51. The van der Waals surface area contributed by atoms with Gasteiger partial charge < -0.3 is 189 Å². The fourth-order valence-electron chi connectivity index (χ4n) is 13.8. The van der Waals surface area contributed by atoms with E-state index in [1.807, 2.05) is 0 Å². The van der Waals surface area contributed by atoms with Crippen LogP contribution in [0.25, 0.3) is 0 Å². The molecule has 0 aromatic carbocycles. The van der Waals surface area contributed by atoms with Crippen LogP contribution in [-0.4, -0.2) is 425 Å². The fraction of sp³-hybridized carbons (Fsp3) is 0.740. The highest BCUT2D eigenvalue weighted by Crippen LogP contribution is 2.39. The molecular formula is C77H121N15O42S2. The van der Waals surface area contributed by atoms with Crippen molar-refractivity contribution >= 4 is 142 Å². The number of carbonyl (C=O) groups excluding carboxylic acids is 14. The Morgan fingerprint density at radius 1 is 0.368 bits per heavy atom. The quantitative estimate of drug-likeness (QED) is 0.0251. The van der Waals surface area contributed by atoms with E-state index in [0.717, 1.165) is 99.7 Å². The van der Waals surface area contributed by atoms with Gasteiger partial charge in [0.2, 0.25) is 76.8 Å². The summed E-state index contributed by atoms with van der Waals surface area (Å²) in [5.41, 5.74) is 11.1. The summed E-state index contributed by atoms with van der Waals surface area (Å²) < 4.78 is 68.5. The van der Waals surface area contributed by atoms with Crippen molar-refractivity contribution in [2.24, 2.45) is 11.5 Å². The van der Waals surface area contributed by atoms with E-state index in [1.54, 1.807) is 0 Å². The summed E-state index contributed by atoms with van der Waals surface area (Å²) in [6, 6.07) is -24.6. The minimum atomic E-state index is -2.24. The largest absolute Gasteiger partial charge is 0.480 e. The van der Waals surface area contributed by atoms with Crippen molar-refractivity contribution in [3.8, 4) is 0 Å². The molecule has 5 aliphatic rings. The average molecular weight is 1990 g/mol. The lowest BCUT2D eigenvalue weighted by molar-refractivity contribution is -0.362. The standard InChI is InChI=1S/C77H121N15O42S2/c1-25(61(105)83-28(4)68(112)113)82-66(110)41(23-135-21-37(78)70(116)117)89-47(100)15-13-39(72(120)121)91-63(107)27(3)81-65(109)31(7)127-60-52(88-35(11)98)77(131-45(19-124-36(12)99)57(60)133-75-49(85-32(8)95)54(103)53(102)43(17-93)128-75)132-56-44(18-94)129-76(50(55(56)104)86-33(9)96)134-58-46-20-125-74(130-46)51(87-34(10)97)59(58)126-30(6)64(108)80-26(2)62(106)92-40(73(122)123)14-16-48(101)90-42(24-136-22-38(79)71(118)119)67(111)84-29(5)69(114)115/h25-31,37-46,49-60,74-77,93-94,102-104H,13-24,78-79H2,1-12H3,(H,80,108)(H,81,109)(H,82,110)(H,83,105)(H,84,111)(H,85,95)(H,86,96)(H,87,97)(H,88,98)(H,89,100)(H,90,101)(H,91,107)(H,92,106)(H,112,113)(H,114,115)(H,116,117)(H,118,119)(H,120,121)(H,122,123). The SMILES string of the molecule is CC(=O)NC1C(OC2C(COC(C)=O)OC(OC3C(CO)OC(OC4C5COC(O5)C(NC(C)=O)C4OC(C)C(=O)NC(C)C(=O)NC(CCC(=O)NC(CSCC(N)C(=O)O)C(=O)NC(C)C(=O)O)C(=O)O)C(NC(C)=O)C3O)C(NC(C)=O)C2OC(C)C(=O)NC(C)C(=O)NC(CCC(=O)NC(CSCC(N)C(=O)O)C(=O)NC(C)C(=O)NC(C)C(=O)O)C(=O)O)OC(CO)C(O)C1O. The molecule has 0 spiro atoms. The predicted octanol–water partition coefficient (Wildman–Crippen LogP) is -13.1. The molecule has 5 rings (SSSR count). The number of aliphatic hydroxyl groups excluding tert-OH is 5. The average Bonchev–Trinajstić information content (AvgIpc) is 0.943. The van der Waals surface area contributed by atoms with Crippen molar-refractivity contribution in [2.45, 2.75) is 310 Å². The second-order valence-electron chi connectivity index (χ2n) is 32.2. The van der Waals surface area contributed by atoms with Gasteiger partial charge in [0.1, 0.15) is 183 Å². The number of fused-ring (bicyclic) bond motifs is 2. The number of esters is 1. The number of amides is 13. The monoisotopic (exact) mass is 1990 g/mol. The highest BCUT2D eigenvalue weighted by atomic mass is 32.2. The Morgan fingerprint density at radius 2 is 0.728 bits per heavy atom. The van der Waals surface area contributed by atoms with E-state index in [0.29, 0.717) is 0 Å². The molecule has 5 fully saturated rings. The van der Waals surface area contributed by atoms with Crippen molar-refractivity contribution in [1.82, 2.24) is 69.1 Å². The molecule has 13 amide bonds. The second-order valence-corrected chi connectivity index (χ2v) is 34.4. The molecule has 28 N–H and O–H groups in total. The molecule has 5 saturated heterocycles. The summed E-state index contributed by atoms with van der Waals surface area (Å²) in [4.78, 5) is 259. The van der Waals surface area contributed by atoms with Gasteiger partial charge in [-0.25, -0.2) is 9.59 Å². The zero-order chi connectivity index (χ0) is 102. The van der Waals surface area contributed by atoms with Crippen molar-refractivity contribution in [1.29, 1.82) is 0 Å². The first-order valence-electron chi connectivity index (χ1n) is 42.3. The van der Waals surface area contributed by atoms with Gasteiger partial charge in [0, 0.05) is 70.5 Å². The first kappa shape index (κ1) is 116. The van der Waals surface area contributed by atoms with Gasteiger partial charge in [-0.3, -0.25) is 86.3 Å². The molecule has 0 saturated carbocycles. The van der Waals surface area contributed by atoms with E-state index >= 15 is 0 Å². The third kappa shape index (κ3) is 35.1. The number of rotatable bonds is 54. The van der Waals surface area contributed by atoms with E-state index in [1.165, 1.54) is 6.92 Å². The van der Waals surface area contributed by atoms with E-state index in [2.05, 4.69) is 69.1 Å². The van der Waals surface area contributed by atoms with Crippen molar-refractivity contribution in [3.05, 3.63) is 0 Å². The van der Waals surface area contributed by atoms with E-state index in [4.69, 9.17) is 63.6 Å². The number of carboxylic acid groups (broad SMARTS) is 6. The Labute approximate surface area is 783 Å². The van der Waals surface area contributed by atoms with Crippen molar-refractivity contribution in [2.75, 3.05) is 49.4 Å². The first-order valence-corrected chi connectivity index (χ1v) is 44.6. The van der Waals surface area contributed by atoms with E-state index in [-0.39, 0.29) is 29.6 Å². The Balaban J connectivity index is 1.46. The number of ether oxygens (including phenoxy) is 11. The Morgan fingerprint density at radius 3 is 1.14 bits per heavy atom. The topological polar surface area (TPSA) is 874 Å². The summed E-state index contributed by atoms with van der Waals surface area (Å²) >= 11 is 1.59. The number of thioether (sulfide) groups is 2. The molecule has 33 unspecified atom stereocenters. The van der Waals surface area contributed by atoms with Gasteiger partial charge in [-0.2, -0.15) is 23.5 Å². The lowest BCUT2D eigenvalue weighted by atomic mass is 9.93. The highest BCUT2D eigenvalue weighted by Gasteiger charge is 2.60. The van der Waals surface area contributed by atoms with Crippen LogP contribution in [0.5, 0.6) is 0 Å². The zero-order valence-corrected chi connectivity index (χ0v) is 77.2. The second kappa shape index (κ2) is 54.5. The van der Waals surface area contributed by atoms with Crippen LogP contribution in [0.2, 0.25) is 0 Å². The molecule has 0 aliphatic carbocycles. The number of hydrogen-bond acceptors (Lipinski definition) is 40. The third-order valence-electron chi connectivity index (χ3n) is 21.1. The summed E-state index contributed by atoms with van der Waals surface area (Å²) in [5.74, 6) is -24.7. The molecule has 0 radical (unpaired) electrons. The van der Waals surface area contributed by atoms with Crippen LogP contribution in [-0.2, 0) is 148 Å². The molecule has 2 bridgehead atoms. The Kier molecular flexibility index (Phi) is 46.5. The van der Waals surface area contributed by atoms with Crippen LogP contribution in [0.1, 0.15) is 109 Å². The maximum atomic E-state index is 14.6. The molecule has 0 aromatic rings. The summed E-state index contributed by atoms with van der Waals surface area (Å²) in [7, 11) is 0. The number of nitrogens with two attached hydrogens (primary N) is 2. The molecular weight excluding hydrogens is 1870 g/mol. The number of carbonyl (C=O) groups is 20. The van der Waals surface area contributed by atoms with Crippen LogP contribution in [0.15, 0.2) is 0 Å². The van der Waals surface area contributed by atoms with Crippen LogP contribution in [0.3, 0.4) is 0 Å². The molecule has 57 nitrogen and oxygen atoms in total. The molecule has 33 atom stereocenters. The maximum Gasteiger partial charge on any atom is 0.326 e. The third-order valence-corrected chi connectivity index (χ3v) is 23.4. The summed E-state index contributed by atoms with van der Waals surface area (Å²) in [6.07, 6.45) is -36.7. The van der Waals surface area contributed by atoms with Gasteiger partial charge >= 0.3 is 41.8 Å². The maximum absolute atomic E-state index is 14.6. The molecule has 0 aromatic heterocycles. The Hall–Kier alpha value is -10.6. The first-order chi connectivity index (χ1) is 63.6. The number of aliphatic carboxylic acids is 6. The number of carboxylic acids is 6. The predicted molar refractivity (Wildman–Crippen MR) is 454 cm³/mol. The molecule has 136 heavy (non-hydrogen) atoms. The van der Waals surface area contributed by atoms with Gasteiger partial charge in [0.15, 0.2) is 25.2 Å². The minimum absolute atomic E-state index is 0.253. The summed E-state index contributed by atoms with van der Waals surface area (Å²) in [5, 5.41) is 145. The van der Waals surface area contributed by atoms with Crippen LogP contribution >= 0.6 is 23.5 Å². The molecule has 768 valence electrons. The highest BCUT2D eigenvalue weighted by molar-refractivity contribution is 7.99. The van der Waals surface area contributed by atoms with Crippen LogP contribution in [0, 0.1) is 0 Å². The summed E-state index contributed by atoms with van der Waals surface area (Å²) in [6.45, 7) is 9.13. The van der Waals surface area contributed by atoms with Gasteiger partial charge in [-0.15, -0.1) is 0 Å². The van der Waals surface area contributed by atoms with Crippen LogP contribution in [0.4, 0.5) is 0 Å². The van der Waals surface area contributed by atoms with Gasteiger partial charge in [0.05, 0.1) is 19.8 Å². The Bertz CT molecular complexity index is 4230. The van der Waals surface area contributed by atoms with Gasteiger partial charge in [-0.1, -0.05) is 0 Å². The smallest absolute Gasteiger partial charge is 0.326 e. The number of hydrogen-bond donors (Lipinski definition) is 26. The number of aliphatic hydroxyl groups is 5. The van der Waals surface area contributed by atoms with Gasteiger partial charge in [0.25, 0.3) is 0 Å². The van der Waals surface area contributed by atoms with Crippen molar-refractivity contribution in [3.63, 3.8) is 0 Å². The molecule has 5 heterocycles. The normalized spacial score (nSPS) is 28.0. The lowest BCUT2D eigenvalue weighted by Crippen LogP contribution is -2.72. The van der Waals surface area contributed by atoms with Gasteiger partial charge in [-0.05, 0) is 61.3 Å².